The molecule has 2 nitrogen and oxygen atoms in total. The Balaban J connectivity index is 1.75. The standard InChI is InChI=1S/C22H36O2/c1-2-24-22(23)20-16-11-9-7-5-3-4-6-8-10-13-17-21-18-14-12-15-19-21/h12,14-15,18-19H,2-11,13,16-17,20H2,1H3. The normalized spacial score (nSPS) is 10.7. The fourth-order valence-corrected chi connectivity index (χ4v) is 3.07. The molecule has 0 aliphatic rings. The van der Waals surface area contributed by atoms with Crippen LogP contribution in [0.3, 0.4) is 0 Å². The number of hydrogen-bond acceptors (Lipinski definition) is 2. The van der Waals surface area contributed by atoms with Gasteiger partial charge in [0.1, 0.15) is 0 Å². The van der Waals surface area contributed by atoms with Crippen molar-refractivity contribution in [1.82, 2.24) is 0 Å². The van der Waals surface area contributed by atoms with Crippen molar-refractivity contribution in [3.63, 3.8) is 0 Å². The van der Waals surface area contributed by atoms with Crippen LogP contribution in [0.25, 0.3) is 0 Å². The number of aryl methyl sites for hydroxylation is 1. The minimum Gasteiger partial charge on any atom is -0.466 e. The second-order valence-corrected chi connectivity index (χ2v) is 6.68. The summed E-state index contributed by atoms with van der Waals surface area (Å²) in [6, 6.07) is 10.8. The maximum Gasteiger partial charge on any atom is 0.305 e. The lowest BCUT2D eigenvalue weighted by Crippen LogP contribution is -2.03. The van der Waals surface area contributed by atoms with Crippen LogP contribution in [0.4, 0.5) is 0 Å². The van der Waals surface area contributed by atoms with E-state index < -0.39 is 0 Å². The van der Waals surface area contributed by atoms with Crippen LogP contribution >= 0.6 is 0 Å². The van der Waals surface area contributed by atoms with Gasteiger partial charge in [0.05, 0.1) is 6.61 Å². The zero-order valence-corrected chi connectivity index (χ0v) is 15.6. The summed E-state index contributed by atoms with van der Waals surface area (Å²) in [5.41, 5.74) is 1.47. The van der Waals surface area contributed by atoms with Crippen LogP contribution in [0.15, 0.2) is 30.3 Å². The summed E-state index contributed by atoms with van der Waals surface area (Å²) in [5, 5.41) is 0. The molecule has 0 unspecified atom stereocenters. The molecule has 0 fully saturated rings. The van der Waals surface area contributed by atoms with Crippen molar-refractivity contribution < 1.29 is 9.53 Å². The molecule has 0 radical (unpaired) electrons. The zero-order valence-electron chi connectivity index (χ0n) is 15.6. The molecule has 0 N–H and O–H groups in total. The largest absolute Gasteiger partial charge is 0.466 e. The smallest absolute Gasteiger partial charge is 0.305 e. The summed E-state index contributed by atoms with van der Waals surface area (Å²) in [5.74, 6) is -0.0373. The van der Waals surface area contributed by atoms with E-state index in [1.165, 1.54) is 69.8 Å². The van der Waals surface area contributed by atoms with Gasteiger partial charge in [-0.25, -0.2) is 0 Å². The third-order valence-electron chi connectivity index (χ3n) is 4.49. The second kappa shape index (κ2) is 15.2. The fourth-order valence-electron chi connectivity index (χ4n) is 3.07. The summed E-state index contributed by atoms with van der Waals surface area (Å²) in [7, 11) is 0. The molecule has 0 aliphatic carbocycles. The number of ether oxygens (including phenoxy) is 1. The van der Waals surface area contributed by atoms with Crippen LogP contribution in [0.1, 0.15) is 89.5 Å². The summed E-state index contributed by atoms with van der Waals surface area (Å²) in [6.07, 6.45) is 16.1. The summed E-state index contributed by atoms with van der Waals surface area (Å²) in [6.45, 7) is 2.37. The van der Waals surface area contributed by atoms with E-state index in [0.717, 1.165) is 12.8 Å². The van der Waals surface area contributed by atoms with Crippen molar-refractivity contribution in [2.24, 2.45) is 0 Å². The number of rotatable bonds is 15. The average Bonchev–Trinajstić information content (AvgIpc) is 2.60. The number of benzene rings is 1. The fraction of sp³-hybridized carbons (Fsp3) is 0.682. The number of carbonyl (C=O) groups excluding carboxylic acids is 1. The third-order valence-corrected chi connectivity index (χ3v) is 4.49. The molecule has 24 heavy (non-hydrogen) atoms. The lowest BCUT2D eigenvalue weighted by atomic mass is 10.0. The molecular formula is C22H36O2. The molecule has 1 aromatic carbocycles. The molecule has 0 saturated heterocycles. The van der Waals surface area contributed by atoms with E-state index in [9.17, 15) is 4.79 Å². The van der Waals surface area contributed by atoms with Gasteiger partial charge in [-0.05, 0) is 31.7 Å². The molecule has 0 spiro atoms. The topological polar surface area (TPSA) is 26.3 Å². The second-order valence-electron chi connectivity index (χ2n) is 6.68. The Kier molecular flexibility index (Phi) is 13.2. The highest BCUT2D eigenvalue weighted by atomic mass is 16.5. The molecule has 0 saturated carbocycles. The number of carbonyl (C=O) groups is 1. The number of unbranched alkanes of at least 4 members (excludes halogenated alkanes) is 10. The maximum atomic E-state index is 11.2. The van der Waals surface area contributed by atoms with Crippen molar-refractivity contribution in [2.45, 2.75) is 90.4 Å². The molecule has 1 rings (SSSR count). The molecule has 0 aliphatic heterocycles. The highest BCUT2D eigenvalue weighted by molar-refractivity contribution is 5.69. The van der Waals surface area contributed by atoms with E-state index in [1.54, 1.807) is 0 Å². The molecule has 0 heterocycles. The van der Waals surface area contributed by atoms with Gasteiger partial charge < -0.3 is 4.74 Å². The predicted octanol–water partition coefficient (Wildman–Crippen LogP) is 6.47. The molecule has 0 aromatic heterocycles. The van der Waals surface area contributed by atoms with Crippen LogP contribution in [0.2, 0.25) is 0 Å². The molecule has 136 valence electrons. The molecule has 0 bridgehead atoms. The Bertz CT molecular complexity index is 400. The molecule has 2 heteroatoms. The lowest BCUT2D eigenvalue weighted by molar-refractivity contribution is -0.143. The van der Waals surface area contributed by atoms with Crippen molar-refractivity contribution in [1.29, 1.82) is 0 Å². The van der Waals surface area contributed by atoms with Crippen LogP contribution in [-0.4, -0.2) is 12.6 Å². The van der Waals surface area contributed by atoms with Crippen molar-refractivity contribution in [3.8, 4) is 0 Å². The van der Waals surface area contributed by atoms with Crippen molar-refractivity contribution in [2.75, 3.05) is 6.61 Å². The number of hydrogen-bond donors (Lipinski definition) is 0. The molecule has 0 amide bonds. The summed E-state index contributed by atoms with van der Waals surface area (Å²) >= 11 is 0. The minimum absolute atomic E-state index is 0.0373. The third kappa shape index (κ3) is 12.2. The van der Waals surface area contributed by atoms with E-state index in [4.69, 9.17) is 4.74 Å². The van der Waals surface area contributed by atoms with Crippen LogP contribution < -0.4 is 0 Å². The van der Waals surface area contributed by atoms with Crippen molar-refractivity contribution >= 4 is 5.97 Å². The van der Waals surface area contributed by atoms with Gasteiger partial charge in [0.15, 0.2) is 0 Å². The quantitative estimate of drug-likeness (QED) is 0.271. The van der Waals surface area contributed by atoms with Gasteiger partial charge >= 0.3 is 5.97 Å². The van der Waals surface area contributed by atoms with Gasteiger partial charge in [0.2, 0.25) is 0 Å². The van der Waals surface area contributed by atoms with E-state index in [1.807, 2.05) is 6.92 Å². The van der Waals surface area contributed by atoms with E-state index in [0.29, 0.717) is 13.0 Å². The summed E-state index contributed by atoms with van der Waals surface area (Å²) in [4.78, 5) is 11.2. The molecular weight excluding hydrogens is 296 g/mol. The average molecular weight is 333 g/mol. The van der Waals surface area contributed by atoms with Crippen LogP contribution in [0, 0.1) is 0 Å². The predicted molar refractivity (Wildman–Crippen MR) is 102 cm³/mol. The maximum absolute atomic E-state index is 11.2. The van der Waals surface area contributed by atoms with Crippen molar-refractivity contribution in [3.05, 3.63) is 35.9 Å². The minimum atomic E-state index is -0.0373. The van der Waals surface area contributed by atoms with Crippen LogP contribution in [0.5, 0.6) is 0 Å². The number of esters is 1. The molecule has 1 aromatic rings. The monoisotopic (exact) mass is 332 g/mol. The Labute approximate surface area is 149 Å². The first-order valence-electron chi connectivity index (χ1n) is 10.0. The van der Waals surface area contributed by atoms with Gasteiger partial charge in [0, 0.05) is 6.42 Å². The summed E-state index contributed by atoms with van der Waals surface area (Å²) < 4.78 is 4.93. The first kappa shape index (κ1) is 20.7. The van der Waals surface area contributed by atoms with E-state index in [2.05, 4.69) is 30.3 Å². The Morgan fingerprint density at radius 1 is 0.750 bits per heavy atom. The van der Waals surface area contributed by atoms with E-state index in [-0.39, 0.29) is 5.97 Å². The zero-order chi connectivity index (χ0) is 17.3. The first-order chi connectivity index (χ1) is 11.8. The Hall–Kier alpha value is -1.31. The van der Waals surface area contributed by atoms with Gasteiger partial charge in [0.25, 0.3) is 0 Å². The first-order valence-corrected chi connectivity index (χ1v) is 10.0. The Morgan fingerprint density at radius 2 is 1.25 bits per heavy atom. The van der Waals surface area contributed by atoms with Gasteiger partial charge in [-0.1, -0.05) is 88.1 Å². The van der Waals surface area contributed by atoms with E-state index >= 15 is 0 Å². The molecule has 0 atom stereocenters. The van der Waals surface area contributed by atoms with Gasteiger partial charge in [-0.3, -0.25) is 4.79 Å². The highest BCUT2D eigenvalue weighted by Gasteiger charge is 2.00. The van der Waals surface area contributed by atoms with Crippen LogP contribution in [-0.2, 0) is 16.0 Å². The lowest BCUT2D eigenvalue weighted by Gasteiger charge is -2.04. The van der Waals surface area contributed by atoms with Gasteiger partial charge in [-0.2, -0.15) is 0 Å². The van der Waals surface area contributed by atoms with Gasteiger partial charge in [-0.15, -0.1) is 0 Å². The highest BCUT2D eigenvalue weighted by Crippen LogP contribution is 2.13. The Morgan fingerprint density at radius 3 is 1.79 bits per heavy atom. The SMILES string of the molecule is CCOC(=O)CCCCCCCCCCCCCc1ccccc1.